The number of nitrogens with zero attached hydrogens (tertiary/aromatic N) is 6. The molecule has 0 radical (unpaired) electrons. The number of carbonyl (C=O) groups is 2. The van der Waals surface area contributed by atoms with Crippen LogP contribution in [0.3, 0.4) is 0 Å². The summed E-state index contributed by atoms with van der Waals surface area (Å²) in [6.45, 7) is 0. The van der Waals surface area contributed by atoms with Crippen molar-refractivity contribution >= 4 is 97.5 Å². The number of benzene rings is 2. The van der Waals surface area contributed by atoms with Gasteiger partial charge in [-0.05, 0) is 91.0 Å². The number of rotatable bonds is 6. The van der Waals surface area contributed by atoms with Crippen molar-refractivity contribution < 1.29 is 9.59 Å². The van der Waals surface area contributed by atoms with Gasteiger partial charge in [0.25, 0.3) is 11.8 Å². The largest absolute Gasteiger partial charge is 0.299 e. The molecule has 3 aliphatic rings. The quantitative estimate of drug-likeness (QED) is 0.177. The summed E-state index contributed by atoms with van der Waals surface area (Å²) in [7, 11) is 0. The maximum Gasteiger partial charge on any atom is 0.263 e. The molecule has 2 amide bonds. The SMILES string of the molecule is N#CC(C#N)=c1cc/c(=C\c2ccc(C3=C4C=C5C(=O)N(c6ccccc6)C(c6ccc(/C=c7\ccc(=C(C#N)C#N)s7)s6)C5C=C4C(=O)N3c3ccccc3)s2)s1. The highest BCUT2D eigenvalue weighted by atomic mass is 32.1. The fraction of sp³-hybridized carbons (Fsp3) is 0.0435. The summed E-state index contributed by atoms with van der Waals surface area (Å²) in [5.41, 5.74) is 4.14. The van der Waals surface area contributed by atoms with Crippen LogP contribution in [-0.2, 0) is 9.59 Å². The lowest BCUT2D eigenvalue weighted by Gasteiger charge is -2.26. The van der Waals surface area contributed by atoms with Crippen molar-refractivity contribution in [1.29, 1.82) is 21.0 Å². The second-order valence-electron chi connectivity index (χ2n) is 13.2. The molecule has 2 unspecified atom stereocenters. The van der Waals surface area contributed by atoms with E-state index in [1.807, 2.05) is 151 Å². The van der Waals surface area contributed by atoms with Crippen LogP contribution in [0.15, 0.2) is 138 Å². The molecule has 0 N–H and O–H groups in total. The zero-order valence-electron chi connectivity index (χ0n) is 30.0. The molecular formula is C46H24N6O2S4. The molecule has 0 spiro atoms. The van der Waals surface area contributed by atoms with Crippen molar-refractivity contribution in [3.63, 3.8) is 0 Å². The monoisotopic (exact) mass is 820 g/mol. The fourth-order valence-corrected chi connectivity index (χ4v) is 11.5. The highest BCUT2D eigenvalue weighted by Gasteiger charge is 2.50. The van der Waals surface area contributed by atoms with E-state index in [-0.39, 0.29) is 23.0 Å². The van der Waals surface area contributed by atoms with Gasteiger partial charge in [-0.2, -0.15) is 21.0 Å². The third kappa shape index (κ3) is 6.33. The highest BCUT2D eigenvalue weighted by Crippen LogP contribution is 2.53. The van der Waals surface area contributed by atoms with Crippen molar-refractivity contribution in [3.8, 4) is 24.3 Å². The number of amides is 2. The molecule has 1 aliphatic carbocycles. The number of anilines is 2. The zero-order chi connectivity index (χ0) is 39.9. The number of allylic oxidation sites excluding steroid dienone is 1. The molecule has 0 saturated carbocycles. The van der Waals surface area contributed by atoms with E-state index in [0.29, 0.717) is 37.2 Å². The third-order valence-electron chi connectivity index (χ3n) is 9.90. The van der Waals surface area contributed by atoms with Gasteiger partial charge >= 0.3 is 0 Å². The summed E-state index contributed by atoms with van der Waals surface area (Å²) in [6, 6.07) is 41.8. The van der Waals surface area contributed by atoms with Gasteiger partial charge in [0.2, 0.25) is 0 Å². The van der Waals surface area contributed by atoms with Gasteiger partial charge in [-0.25, -0.2) is 0 Å². The first-order valence-electron chi connectivity index (χ1n) is 17.8. The number of hydrogen-bond acceptors (Lipinski definition) is 10. The predicted molar refractivity (Wildman–Crippen MR) is 229 cm³/mol. The Labute approximate surface area is 347 Å². The van der Waals surface area contributed by atoms with Crippen LogP contribution in [0.1, 0.15) is 25.6 Å². The lowest BCUT2D eigenvalue weighted by molar-refractivity contribution is -0.115. The molecule has 0 bridgehead atoms. The molecule has 6 aromatic rings. The van der Waals surface area contributed by atoms with Crippen molar-refractivity contribution in [2.45, 2.75) is 6.04 Å². The summed E-state index contributed by atoms with van der Waals surface area (Å²) >= 11 is 5.81. The Morgan fingerprint density at radius 1 is 0.603 bits per heavy atom. The second-order valence-corrected chi connectivity index (χ2v) is 17.7. The van der Waals surface area contributed by atoms with Crippen LogP contribution in [0.4, 0.5) is 11.4 Å². The van der Waals surface area contributed by atoms with E-state index in [9.17, 15) is 30.6 Å². The molecular weight excluding hydrogens is 797 g/mol. The molecule has 1 saturated heterocycles. The predicted octanol–water partition coefficient (Wildman–Crippen LogP) is 7.01. The van der Waals surface area contributed by atoms with E-state index in [1.54, 1.807) is 28.4 Å². The Hall–Kier alpha value is -7.16. The summed E-state index contributed by atoms with van der Waals surface area (Å²) in [6.07, 6.45) is 7.90. The van der Waals surface area contributed by atoms with Crippen LogP contribution in [0, 0.1) is 51.2 Å². The topological polar surface area (TPSA) is 136 Å². The van der Waals surface area contributed by atoms with Gasteiger partial charge in [-0.1, -0.05) is 42.5 Å². The van der Waals surface area contributed by atoms with Crippen molar-refractivity contribution in [3.05, 3.63) is 176 Å². The first-order chi connectivity index (χ1) is 28.4. The number of para-hydroxylation sites is 2. The van der Waals surface area contributed by atoms with Gasteiger partial charge in [0, 0.05) is 57.7 Å². The Balaban J connectivity index is 1.17. The van der Waals surface area contributed by atoms with E-state index >= 15 is 0 Å². The third-order valence-corrected chi connectivity index (χ3v) is 14.1. The maximum atomic E-state index is 14.7. The Kier molecular flexibility index (Phi) is 9.47. The van der Waals surface area contributed by atoms with Crippen LogP contribution >= 0.6 is 45.3 Å². The van der Waals surface area contributed by atoms with E-state index < -0.39 is 12.0 Å². The first-order valence-corrected chi connectivity index (χ1v) is 21.1. The molecule has 9 rings (SSSR count). The standard InChI is InChI=1S/C46H24N6O2S4/c47-23-27(24-48)39-15-11-31(55-39)19-33-13-17-41(57-33)43-35-21-38-36(22-37(35)45(53)51(43)29-7-3-1-4-8-29)44(52(46(38)54)30-9-5-2-6-10-30)42-18-14-34(58-42)20-32-12-16-40(56-32)28(25-49)26-50/h1-22,35,43H/b31-19+,32-20+. The fourth-order valence-electron chi connectivity index (χ4n) is 7.38. The van der Waals surface area contributed by atoms with Gasteiger partial charge in [0.15, 0.2) is 0 Å². The molecule has 2 aliphatic heterocycles. The number of nitriles is 4. The molecule has 274 valence electrons. The van der Waals surface area contributed by atoms with Gasteiger partial charge in [-0.3, -0.25) is 19.4 Å². The van der Waals surface area contributed by atoms with Gasteiger partial charge in [0.1, 0.15) is 35.4 Å². The molecule has 2 aromatic carbocycles. The number of hydrogen-bond donors (Lipinski definition) is 0. The van der Waals surface area contributed by atoms with Crippen LogP contribution in [0.5, 0.6) is 0 Å². The zero-order valence-corrected chi connectivity index (χ0v) is 33.3. The molecule has 2 atom stereocenters. The first kappa shape index (κ1) is 36.5. The molecule has 4 aromatic heterocycles. The second kappa shape index (κ2) is 15.1. The van der Waals surface area contributed by atoms with E-state index in [0.717, 1.165) is 34.3 Å². The van der Waals surface area contributed by atoms with E-state index in [4.69, 9.17) is 0 Å². The van der Waals surface area contributed by atoms with Gasteiger partial charge in [0.05, 0.1) is 25.7 Å². The lowest BCUT2D eigenvalue weighted by Crippen LogP contribution is -2.28. The van der Waals surface area contributed by atoms with Crippen molar-refractivity contribution in [2.75, 3.05) is 9.80 Å². The van der Waals surface area contributed by atoms with Crippen LogP contribution < -0.4 is 27.9 Å². The maximum absolute atomic E-state index is 14.7. The Bertz CT molecular complexity index is 3210. The highest BCUT2D eigenvalue weighted by molar-refractivity contribution is 7.14. The number of fused-ring (bicyclic) bond motifs is 2. The van der Waals surface area contributed by atoms with Gasteiger partial charge < -0.3 is 0 Å². The minimum Gasteiger partial charge on any atom is -0.299 e. The average Bonchev–Trinajstić information content (AvgIpc) is 4.13. The van der Waals surface area contributed by atoms with Crippen LogP contribution in [0.2, 0.25) is 0 Å². The molecule has 8 nitrogen and oxygen atoms in total. The average molecular weight is 821 g/mol. The number of carbonyl (C=O) groups excluding carboxylic acids is 2. The summed E-state index contributed by atoms with van der Waals surface area (Å²) in [5.74, 6) is -0.723. The minimum absolute atomic E-state index is 0.0707. The number of thiophene rings is 4. The van der Waals surface area contributed by atoms with Crippen LogP contribution in [-0.4, -0.2) is 11.8 Å². The molecule has 58 heavy (non-hydrogen) atoms. The summed E-state index contributed by atoms with van der Waals surface area (Å²) in [5, 5.41) is 37.4. The lowest BCUT2D eigenvalue weighted by atomic mass is 9.84. The van der Waals surface area contributed by atoms with Crippen molar-refractivity contribution in [2.24, 2.45) is 5.92 Å². The molecule has 12 heteroatoms. The van der Waals surface area contributed by atoms with E-state index in [1.165, 1.54) is 34.0 Å². The molecule has 1 fully saturated rings. The Morgan fingerprint density at radius 2 is 1.17 bits per heavy atom. The summed E-state index contributed by atoms with van der Waals surface area (Å²) < 4.78 is 3.00. The normalized spacial score (nSPS) is 17.6. The minimum atomic E-state index is -0.418. The smallest absolute Gasteiger partial charge is 0.263 e. The summed E-state index contributed by atoms with van der Waals surface area (Å²) in [4.78, 5) is 36.7. The Morgan fingerprint density at radius 3 is 1.78 bits per heavy atom. The van der Waals surface area contributed by atoms with Crippen molar-refractivity contribution in [1.82, 2.24) is 0 Å². The van der Waals surface area contributed by atoms with E-state index in [2.05, 4.69) is 0 Å². The van der Waals surface area contributed by atoms with Crippen LogP contribution in [0.25, 0.3) is 29.0 Å². The van der Waals surface area contributed by atoms with Gasteiger partial charge in [-0.15, -0.1) is 45.3 Å². The molecule has 6 heterocycles.